The molecular formula is C60H115NO5. The third-order valence-corrected chi connectivity index (χ3v) is 13.7. The van der Waals surface area contributed by atoms with Gasteiger partial charge in [0, 0.05) is 12.8 Å². The molecule has 0 fully saturated rings. The van der Waals surface area contributed by atoms with Crippen molar-refractivity contribution in [3.63, 3.8) is 0 Å². The summed E-state index contributed by atoms with van der Waals surface area (Å²) < 4.78 is 5.48. The van der Waals surface area contributed by atoms with E-state index in [1.807, 2.05) is 0 Å². The van der Waals surface area contributed by atoms with Gasteiger partial charge in [-0.1, -0.05) is 256 Å². The average Bonchev–Trinajstić information content (AvgIpc) is 3.32. The number of amides is 1. The maximum atomic E-state index is 12.5. The van der Waals surface area contributed by atoms with Gasteiger partial charge in [0.15, 0.2) is 0 Å². The molecule has 0 saturated heterocycles. The highest BCUT2D eigenvalue weighted by atomic mass is 16.5. The monoisotopic (exact) mass is 930 g/mol. The predicted molar refractivity (Wildman–Crippen MR) is 287 cm³/mol. The Morgan fingerprint density at radius 3 is 1.08 bits per heavy atom. The minimum Gasteiger partial charge on any atom is -0.466 e. The molecule has 0 heterocycles. The van der Waals surface area contributed by atoms with E-state index in [0.29, 0.717) is 25.9 Å². The zero-order valence-corrected chi connectivity index (χ0v) is 44.4. The van der Waals surface area contributed by atoms with E-state index in [1.165, 1.54) is 231 Å². The molecule has 3 N–H and O–H groups in total. The lowest BCUT2D eigenvalue weighted by Crippen LogP contribution is -2.45. The molecule has 1 amide bonds. The maximum absolute atomic E-state index is 12.5. The Morgan fingerprint density at radius 1 is 0.409 bits per heavy atom. The van der Waals surface area contributed by atoms with Gasteiger partial charge in [-0.25, -0.2) is 0 Å². The standard InChI is InChI=1S/C60H115NO5/c1-3-5-7-9-11-13-15-17-19-21-26-30-34-38-42-46-50-54-60(65)66-55-51-47-43-39-35-31-27-23-20-22-25-29-33-37-41-45-49-53-59(64)61-57(56-62)58(63)52-48-44-40-36-32-28-24-18-16-14-12-10-8-6-4-2/h17,19-20,23,57-58,62-63H,3-16,18,21-22,24-56H2,1-2H3,(H,61,64)/b19-17-,23-20-. The number of aliphatic hydroxyl groups excluding tert-OH is 2. The Bertz CT molecular complexity index is 1030. The van der Waals surface area contributed by atoms with Crippen LogP contribution in [0.3, 0.4) is 0 Å². The molecule has 0 aliphatic carbocycles. The van der Waals surface area contributed by atoms with Gasteiger partial charge >= 0.3 is 5.97 Å². The molecule has 0 spiro atoms. The largest absolute Gasteiger partial charge is 0.466 e. The summed E-state index contributed by atoms with van der Waals surface area (Å²) in [4.78, 5) is 24.5. The molecule has 0 aromatic carbocycles. The van der Waals surface area contributed by atoms with E-state index in [0.717, 1.165) is 57.8 Å². The summed E-state index contributed by atoms with van der Waals surface area (Å²) in [7, 11) is 0. The minimum absolute atomic E-state index is 0.00480. The van der Waals surface area contributed by atoms with Crippen molar-refractivity contribution in [3.05, 3.63) is 24.3 Å². The first-order valence-corrected chi connectivity index (χ1v) is 29.6. The molecule has 6 nitrogen and oxygen atoms in total. The van der Waals surface area contributed by atoms with E-state index in [2.05, 4.69) is 43.5 Å². The highest BCUT2D eigenvalue weighted by Crippen LogP contribution is 2.17. The van der Waals surface area contributed by atoms with E-state index >= 15 is 0 Å². The number of rotatable bonds is 55. The normalized spacial score (nSPS) is 12.7. The van der Waals surface area contributed by atoms with Crippen molar-refractivity contribution >= 4 is 11.9 Å². The number of ether oxygens (including phenoxy) is 1. The lowest BCUT2D eigenvalue weighted by molar-refractivity contribution is -0.143. The molecule has 66 heavy (non-hydrogen) atoms. The highest BCUT2D eigenvalue weighted by Gasteiger charge is 2.20. The topological polar surface area (TPSA) is 95.9 Å². The molecule has 0 saturated carbocycles. The number of aliphatic hydroxyl groups is 2. The van der Waals surface area contributed by atoms with Crippen LogP contribution in [0.4, 0.5) is 0 Å². The molecule has 6 heteroatoms. The molecule has 0 radical (unpaired) electrons. The number of unbranched alkanes of at least 4 members (excludes halogenated alkanes) is 40. The van der Waals surface area contributed by atoms with Crippen LogP contribution < -0.4 is 5.32 Å². The number of carbonyl (C=O) groups is 2. The maximum Gasteiger partial charge on any atom is 0.305 e. The van der Waals surface area contributed by atoms with Crippen molar-refractivity contribution in [3.8, 4) is 0 Å². The predicted octanol–water partition coefficient (Wildman–Crippen LogP) is 18.2. The molecule has 0 aliphatic rings. The van der Waals surface area contributed by atoms with Crippen LogP contribution in [0.25, 0.3) is 0 Å². The summed E-state index contributed by atoms with van der Waals surface area (Å²) in [5.74, 6) is -0.0505. The van der Waals surface area contributed by atoms with Gasteiger partial charge < -0.3 is 20.3 Å². The van der Waals surface area contributed by atoms with Crippen LogP contribution in [0.1, 0.15) is 322 Å². The fourth-order valence-electron chi connectivity index (χ4n) is 9.16. The SMILES string of the molecule is CCCCCCCC/C=C\CCCCCCCCCC(=O)OCCCCCCCC/C=C\CCCCCCCCCC(=O)NC(CO)C(O)CCCCCCCCCCCCCCCCC. The zero-order chi connectivity index (χ0) is 47.9. The first-order valence-electron chi connectivity index (χ1n) is 29.6. The van der Waals surface area contributed by atoms with E-state index in [-0.39, 0.29) is 18.5 Å². The van der Waals surface area contributed by atoms with E-state index in [4.69, 9.17) is 4.74 Å². The van der Waals surface area contributed by atoms with Gasteiger partial charge in [0.2, 0.25) is 5.91 Å². The summed E-state index contributed by atoms with van der Waals surface area (Å²) in [5, 5.41) is 23.3. The van der Waals surface area contributed by atoms with E-state index < -0.39 is 12.1 Å². The number of hydrogen-bond donors (Lipinski definition) is 3. The third-order valence-electron chi connectivity index (χ3n) is 13.7. The average molecular weight is 931 g/mol. The van der Waals surface area contributed by atoms with Crippen LogP contribution in [0.2, 0.25) is 0 Å². The van der Waals surface area contributed by atoms with Gasteiger partial charge in [-0.05, 0) is 77.0 Å². The quantitative estimate of drug-likeness (QED) is 0.0321. The molecule has 2 atom stereocenters. The van der Waals surface area contributed by atoms with Gasteiger partial charge in [-0.15, -0.1) is 0 Å². The van der Waals surface area contributed by atoms with E-state index in [1.54, 1.807) is 0 Å². The number of esters is 1. The number of hydrogen-bond acceptors (Lipinski definition) is 5. The Kier molecular flexibility index (Phi) is 54.5. The van der Waals surface area contributed by atoms with Gasteiger partial charge in [-0.2, -0.15) is 0 Å². The Labute approximate surface area is 411 Å². The highest BCUT2D eigenvalue weighted by molar-refractivity contribution is 5.76. The van der Waals surface area contributed by atoms with Crippen molar-refractivity contribution in [1.82, 2.24) is 5.32 Å². The van der Waals surface area contributed by atoms with Crippen molar-refractivity contribution in [1.29, 1.82) is 0 Å². The van der Waals surface area contributed by atoms with Crippen molar-refractivity contribution in [2.24, 2.45) is 0 Å². The second-order valence-electron chi connectivity index (χ2n) is 20.3. The van der Waals surface area contributed by atoms with Crippen LogP contribution >= 0.6 is 0 Å². The van der Waals surface area contributed by atoms with Crippen LogP contribution in [0, 0.1) is 0 Å². The summed E-state index contributed by atoms with van der Waals surface area (Å²) in [6, 6.07) is -0.550. The molecule has 0 rings (SSSR count). The summed E-state index contributed by atoms with van der Waals surface area (Å²) in [6.07, 6.45) is 67.4. The lowest BCUT2D eigenvalue weighted by atomic mass is 10.0. The summed E-state index contributed by atoms with van der Waals surface area (Å²) in [6.45, 7) is 4.94. The molecule has 0 aromatic heterocycles. The van der Waals surface area contributed by atoms with Crippen molar-refractivity contribution < 1.29 is 24.5 Å². The van der Waals surface area contributed by atoms with Crippen LogP contribution in [-0.2, 0) is 14.3 Å². The van der Waals surface area contributed by atoms with Gasteiger partial charge in [0.05, 0.1) is 25.4 Å². The second kappa shape index (κ2) is 55.9. The summed E-state index contributed by atoms with van der Waals surface area (Å²) in [5.41, 5.74) is 0. The van der Waals surface area contributed by atoms with E-state index in [9.17, 15) is 19.8 Å². The fourth-order valence-corrected chi connectivity index (χ4v) is 9.16. The Morgan fingerprint density at radius 2 is 0.712 bits per heavy atom. The van der Waals surface area contributed by atoms with Crippen molar-refractivity contribution in [2.75, 3.05) is 13.2 Å². The number of carbonyl (C=O) groups excluding carboxylic acids is 2. The minimum atomic E-state index is -0.672. The third kappa shape index (κ3) is 51.7. The molecule has 0 aromatic rings. The van der Waals surface area contributed by atoms with Crippen molar-refractivity contribution in [2.45, 2.75) is 334 Å². The van der Waals surface area contributed by atoms with Crippen LogP contribution in [0.5, 0.6) is 0 Å². The number of nitrogens with one attached hydrogen (secondary N) is 1. The van der Waals surface area contributed by atoms with Gasteiger partial charge in [0.1, 0.15) is 0 Å². The smallest absolute Gasteiger partial charge is 0.305 e. The van der Waals surface area contributed by atoms with Crippen LogP contribution in [0.15, 0.2) is 24.3 Å². The molecule has 390 valence electrons. The number of allylic oxidation sites excluding steroid dienone is 4. The first-order chi connectivity index (χ1) is 32.5. The second-order valence-corrected chi connectivity index (χ2v) is 20.3. The van der Waals surface area contributed by atoms with Gasteiger partial charge in [-0.3, -0.25) is 9.59 Å². The molecule has 0 bridgehead atoms. The zero-order valence-electron chi connectivity index (χ0n) is 44.4. The van der Waals surface area contributed by atoms with Crippen LogP contribution in [-0.4, -0.2) is 47.4 Å². The first kappa shape index (κ1) is 64.3. The molecule has 0 aliphatic heterocycles. The Hall–Kier alpha value is -1.66. The van der Waals surface area contributed by atoms with Gasteiger partial charge in [0.25, 0.3) is 0 Å². The fraction of sp³-hybridized carbons (Fsp3) is 0.900. The Balaban J connectivity index is 3.44. The molecule has 2 unspecified atom stereocenters. The lowest BCUT2D eigenvalue weighted by Gasteiger charge is -2.22. The molecular weight excluding hydrogens is 815 g/mol. The summed E-state index contributed by atoms with van der Waals surface area (Å²) >= 11 is 0.